The number of nitro benzene ring substituents is 1. The first-order valence-corrected chi connectivity index (χ1v) is 7.53. The number of hydrogen-bond acceptors (Lipinski definition) is 4. The van der Waals surface area contributed by atoms with E-state index < -0.39 is 16.7 Å². The fourth-order valence-corrected chi connectivity index (χ4v) is 2.07. The lowest BCUT2D eigenvalue weighted by molar-refractivity contribution is -0.384. The lowest BCUT2D eigenvalue weighted by atomic mass is 10.1. The first-order chi connectivity index (χ1) is 11.9. The number of rotatable bonds is 5. The van der Waals surface area contributed by atoms with Gasteiger partial charge in [0.15, 0.2) is 0 Å². The third kappa shape index (κ3) is 4.89. The molecule has 128 valence electrons. The summed E-state index contributed by atoms with van der Waals surface area (Å²) in [7, 11) is 1.44. The molecule has 0 saturated heterocycles. The maximum atomic E-state index is 12.3. The second-order valence-electron chi connectivity index (χ2n) is 4.95. The number of halogens is 1. The highest BCUT2D eigenvalue weighted by atomic mass is 35.5. The summed E-state index contributed by atoms with van der Waals surface area (Å²) in [6, 6.07) is 11.8. The summed E-state index contributed by atoms with van der Waals surface area (Å²) in [6.45, 7) is 0. The van der Waals surface area contributed by atoms with Crippen LogP contribution in [0.3, 0.4) is 0 Å². The summed E-state index contributed by atoms with van der Waals surface area (Å²) in [6.07, 6.45) is 1.50. The fraction of sp³-hybridized carbons (Fsp3) is 0.0588. The van der Waals surface area contributed by atoms with Gasteiger partial charge in [0, 0.05) is 29.8 Å². The van der Waals surface area contributed by atoms with Crippen LogP contribution in [0.2, 0.25) is 5.02 Å². The molecule has 0 spiro atoms. The van der Waals surface area contributed by atoms with Gasteiger partial charge in [-0.25, -0.2) is 0 Å². The molecule has 2 aromatic carbocycles. The van der Waals surface area contributed by atoms with E-state index >= 15 is 0 Å². The molecule has 7 nitrogen and oxygen atoms in total. The standard InChI is InChI=1S/C17H14ClN3O4/c1-19-17(23)15(10-11-2-6-13(18)7-3-11)20-16(22)12-4-8-14(9-5-12)21(24)25/h2-10H,1H3,(H,19,23)(H,20,22)/b15-10-. The van der Waals surface area contributed by atoms with Crippen molar-refractivity contribution < 1.29 is 14.5 Å². The van der Waals surface area contributed by atoms with Crippen molar-refractivity contribution in [1.29, 1.82) is 0 Å². The van der Waals surface area contributed by atoms with Crippen LogP contribution in [0.1, 0.15) is 15.9 Å². The van der Waals surface area contributed by atoms with Crippen LogP contribution in [0.15, 0.2) is 54.2 Å². The van der Waals surface area contributed by atoms with Crippen molar-refractivity contribution in [2.45, 2.75) is 0 Å². The number of nitrogens with zero attached hydrogens (tertiary/aromatic N) is 1. The van der Waals surface area contributed by atoms with E-state index in [4.69, 9.17) is 11.6 Å². The SMILES string of the molecule is CNC(=O)/C(=C/c1ccc(Cl)cc1)NC(=O)c1ccc([N+](=O)[O-])cc1. The van der Waals surface area contributed by atoms with Crippen LogP contribution in [0.5, 0.6) is 0 Å². The molecule has 0 radical (unpaired) electrons. The van der Waals surface area contributed by atoms with E-state index in [-0.39, 0.29) is 16.9 Å². The van der Waals surface area contributed by atoms with Crippen molar-refractivity contribution >= 4 is 35.2 Å². The monoisotopic (exact) mass is 359 g/mol. The molecule has 0 atom stereocenters. The quantitative estimate of drug-likeness (QED) is 0.487. The van der Waals surface area contributed by atoms with Crippen LogP contribution >= 0.6 is 11.6 Å². The molecule has 0 aliphatic heterocycles. The molecule has 0 aliphatic rings. The Labute approximate surface area is 148 Å². The molecule has 2 N–H and O–H groups in total. The van der Waals surface area contributed by atoms with Gasteiger partial charge in [0.1, 0.15) is 5.70 Å². The van der Waals surface area contributed by atoms with E-state index in [1.165, 1.54) is 37.4 Å². The Morgan fingerprint density at radius 2 is 1.68 bits per heavy atom. The number of carbonyl (C=O) groups excluding carboxylic acids is 2. The van der Waals surface area contributed by atoms with Crippen molar-refractivity contribution in [1.82, 2.24) is 10.6 Å². The Morgan fingerprint density at radius 3 is 2.20 bits per heavy atom. The van der Waals surface area contributed by atoms with Crippen LogP contribution in [0.4, 0.5) is 5.69 Å². The van der Waals surface area contributed by atoms with Gasteiger partial charge in [-0.05, 0) is 35.9 Å². The number of nitrogens with one attached hydrogen (secondary N) is 2. The van der Waals surface area contributed by atoms with Crippen LogP contribution in [-0.2, 0) is 4.79 Å². The maximum Gasteiger partial charge on any atom is 0.269 e. The normalized spacial score (nSPS) is 10.9. The minimum Gasteiger partial charge on any atom is -0.354 e. The largest absolute Gasteiger partial charge is 0.354 e. The van der Waals surface area contributed by atoms with Crippen LogP contribution < -0.4 is 10.6 Å². The Balaban J connectivity index is 2.24. The van der Waals surface area contributed by atoms with E-state index in [1.807, 2.05) is 0 Å². The van der Waals surface area contributed by atoms with E-state index in [0.29, 0.717) is 10.6 Å². The first-order valence-electron chi connectivity index (χ1n) is 7.16. The molecule has 0 fully saturated rings. The van der Waals surface area contributed by atoms with Gasteiger partial charge >= 0.3 is 0 Å². The van der Waals surface area contributed by atoms with Crippen LogP contribution in [-0.4, -0.2) is 23.8 Å². The summed E-state index contributed by atoms with van der Waals surface area (Å²) in [4.78, 5) is 34.4. The second-order valence-corrected chi connectivity index (χ2v) is 5.38. The van der Waals surface area contributed by atoms with Crippen molar-refractivity contribution in [3.63, 3.8) is 0 Å². The number of likely N-dealkylation sites (N-methyl/N-ethyl adjacent to an activating group) is 1. The van der Waals surface area contributed by atoms with E-state index in [1.54, 1.807) is 24.3 Å². The van der Waals surface area contributed by atoms with Gasteiger partial charge in [-0.2, -0.15) is 0 Å². The Morgan fingerprint density at radius 1 is 1.08 bits per heavy atom. The van der Waals surface area contributed by atoms with Gasteiger partial charge in [0.05, 0.1) is 4.92 Å². The number of carbonyl (C=O) groups is 2. The zero-order chi connectivity index (χ0) is 18.4. The highest BCUT2D eigenvalue weighted by molar-refractivity contribution is 6.30. The van der Waals surface area contributed by atoms with Gasteiger partial charge in [0.2, 0.25) is 0 Å². The molecular weight excluding hydrogens is 346 g/mol. The lowest BCUT2D eigenvalue weighted by Crippen LogP contribution is -2.33. The third-order valence-corrected chi connectivity index (χ3v) is 3.49. The summed E-state index contributed by atoms with van der Waals surface area (Å²) < 4.78 is 0. The van der Waals surface area contributed by atoms with Crippen LogP contribution in [0.25, 0.3) is 6.08 Å². The summed E-state index contributed by atoms with van der Waals surface area (Å²) in [5.41, 5.74) is 0.775. The van der Waals surface area contributed by atoms with Crippen molar-refractivity contribution in [2.24, 2.45) is 0 Å². The molecule has 25 heavy (non-hydrogen) atoms. The average molecular weight is 360 g/mol. The summed E-state index contributed by atoms with van der Waals surface area (Å²) >= 11 is 5.82. The predicted molar refractivity (Wildman–Crippen MR) is 94.1 cm³/mol. The molecule has 0 heterocycles. The molecule has 2 rings (SSSR count). The smallest absolute Gasteiger partial charge is 0.269 e. The van der Waals surface area contributed by atoms with Gasteiger partial charge in [0.25, 0.3) is 17.5 Å². The summed E-state index contributed by atoms with van der Waals surface area (Å²) in [5.74, 6) is -1.04. The number of nitro groups is 1. The highest BCUT2D eigenvalue weighted by Crippen LogP contribution is 2.14. The minimum absolute atomic E-state index is 0.0353. The lowest BCUT2D eigenvalue weighted by Gasteiger charge is -2.09. The second kappa shape index (κ2) is 8.07. The van der Waals surface area contributed by atoms with Crippen molar-refractivity contribution in [2.75, 3.05) is 7.05 Å². The molecule has 0 unspecified atom stereocenters. The first kappa shape index (κ1) is 18.2. The molecule has 0 aliphatic carbocycles. The molecule has 0 bridgehead atoms. The molecule has 0 saturated carbocycles. The van der Waals surface area contributed by atoms with Gasteiger partial charge in [-0.15, -0.1) is 0 Å². The molecule has 0 aromatic heterocycles. The molecular formula is C17H14ClN3O4. The van der Waals surface area contributed by atoms with E-state index in [9.17, 15) is 19.7 Å². The van der Waals surface area contributed by atoms with Crippen molar-refractivity contribution in [3.05, 3.63) is 80.5 Å². The maximum absolute atomic E-state index is 12.3. The minimum atomic E-state index is -0.557. The highest BCUT2D eigenvalue weighted by Gasteiger charge is 2.14. The zero-order valence-corrected chi connectivity index (χ0v) is 13.9. The third-order valence-electron chi connectivity index (χ3n) is 3.24. The number of non-ortho nitro benzene ring substituents is 1. The van der Waals surface area contributed by atoms with Gasteiger partial charge in [-0.1, -0.05) is 23.7 Å². The Bertz CT molecular complexity index is 830. The molecule has 2 amide bonds. The molecule has 8 heteroatoms. The zero-order valence-electron chi connectivity index (χ0n) is 13.2. The summed E-state index contributed by atoms with van der Waals surface area (Å²) in [5, 5.41) is 16.1. The molecule has 2 aromatic rings. The van der Waals surface area contributed by atoms with Crippen LogP contribution in [0, 0.1) is 10.1 Å². The topological polar surface area (TPSA) is 101 Å². The van der Waals surface area contributed by atoms with Crippen molar-refractivity contribution in [3.8, 4) is 0 Å². The van der Waals surface area contributed by atoms with E-state index in [2.05, 4.69) is 10.6 Å². The van der Waals surface area contributed by atoms with Gasteiger partial charge in [-0.3, -0.25) is 19.7 Å². The predicted octanol–water partition coefficient (Wildman–Crippen LogP) is 2.77. The number of benzene rings is 2. The van der Waals surface area contributed by atoms with Gasteiger partial charge < -0.3 is 10.6 Å². The van der Waals surface area contributed by atoms with E-state index in [0.717, 1.165) is 0 Å². The number of hydrogen-bond donors (Lipinski definition) is 2. The average Bonchev–Trinajstić information content (AvgIpc) is 2.62. The fourth-order valence-electron chi connectivity index (χ4n) is 1.95. The Hall–Kier alpha value is -3.19. The number of amides is 2. The Kier molecular flexibility index (Phi) is 5.86.